The Hall–Kier alpha value is -3.70. The van der Waals surface area contributed by atoms with Crippen LogP contribution < -0.4 is 21.1 Å². The van der Waals surface area contributed by atoms with E-state index in [9.17, 15) is 0 Å². The lowest BCUT2D eigenvalue weighted by Crippen LogP contribution is -2.66. The molecule has 35 heavy (non-hydrogen) atoms. The van der Waals surface area contributed by atoms with Gasteiger partial charge in [-0.1, -0.05) is 124 Å². The van der Waals surface area contributed by atoms with Crippen LogP contribution in [0, 0.1) is 11.7 Å². The lowest BCUT2D eigenvalue weighted by atomic mass is 9.16. The third-order valence-electron chi connectivity index (χ3n) is 6.65. The SMILES string of the molecule is CC(C)(C)c1ccc(OCCCC#C[B-](c2ccccc2)(c2ccccc2)c2ccccc2)cc1. The Kier molecular flexibility index (Phi) is 7.79. The number of rotatable bonds is 7. The summed E-state index contributed by atoms with van der Waals surface area (Å²) in [6.45, 7) is 7.34. The molecule has 0 aromatic heterocycles. The molecule has 0 spiro atoms. The van der Waals surface area contributed by atoms with Crippen LogP contribution in [0.1, 0.15) is 39.2 Å². The van der Waals surface area contributed by atoms with Crippen molar-refractivity contribution in [2.75, 3.05) is 6.61 Å². The van der Waals surface area contributed by atoms with E-state index in [4.69, 9.17) is 4.74 Å². The normalized spacial score (nSPS) is 11.4. The number of hydrogen-bond donors (Lipinski definition) is 0. The first-order chi connectivity index (χ1) is 17.0. The van der Waals surface area contributed by atoms with Crippen molar-refractivity contribution in [2.45, 2.75) is 39.0 Å². The molecule has 0 bridgehead atoms. The van der Waals surface area contributed by atoms with E-state index >= 15 is 0 Å². The van der Waals surface area contributed by atoms with Gasteiger partial charge in [0.05, 0.1) is 6.61 Å². The highest BCUT2D eigenvalue weighted by Gasteiger charge is 2.27. The molecule has 4 aromatic rings. The van der Waals surface area contributed by atoms with E-state index in [0.717, 1.165) is 18.6 Å². The Morgan fingerprint density at radius 2 is 1.09 bits per heavy atom. The molecule has 0 heterocycles. The Labute approximate surface area is 211 Å². The van der Waals surface area contributed by atoms with Gasteiger partial charge >= 0.3 is 0 Å². The summed E-state index contributed by atoms with van der Waals surface area (Å²) in [5.41, 5.74) is 5.20. The number of unbranched alkanes of at least 4 members (excludes halogenated alkanes) is 1. The predicted molar refractivity (Wildman–Crippen MR) is 152 cm³/mol. The van der Waals surface area contributed by atoms with E-state index in [0.29, 0.717) is 6.61 Å². The van der Waals surface area contributed by atoms with Crippen molar-refractivity contribution in [3.8, 4) is 17.5 Å². The van der Waals surface area contributed by atoms with E-state index in [-0.39, 0.29) is 5.41 Å². The first-order valence-corrected chi connectivity index (χ1v) is 12.6. The molecule has 1 nitrogen and oxygen atoms in total. The van der Waals surface area contributed by atoms with Gasteiger partial charge in [-0.05, 0) is 29.5 Å². The van der Waals surface area contributed by atoms with Crippen molar-refractivity contribution in [3.05, 3.63) is 121 Å². The third kappa shape index (κ3) is 5.87. The third-order valence-corrected chi connectivity index (χ3v) is 6.65. The average molecular weight is 457 g/mol. The van der Waals surface area contributed by atoms with Crippen molar-refractivity contribution in [1.29, 1.82) is 0 Å². The molecule has 4 aromatic carbocycles. The molecule has 2 heteroatoms. The van der Waals surface area contributed by atoms with Crippen LogP contribution in [0.15, 0.2) is 115 Å². The molecular formula is C33H34BO-. The van der Waals surface area contributed by atoms with Crippen molar-refractivity contribution in [3.63, 3.8) is 0 Å². The molecule has 0 amide bonds. The summed E-state index contributed by atoms with van der Waals surface area (Å²) >= 11 is 0. The minimum Gasteiger partial charge on any atom is -0.494 e. The highest BCUT2D eigenvalue weighted by atomic mass is 16.5. The van der Waals surface area contributed by atoms with Crippen molar-refractivity contribution in [1.82, 2.24) is 0 Å². The van der Waals surface area contributed by atoms with Crippen LogP contribution >= 0.6 is 0 Å². The van der Waals surface area contributed by atoms with E-state index in [1.165, 1.54) is 22.0 Å². The molecule has 0 fully saturated rings. The molecule has 0 saturated heterocycles. The molecule has 0 saturated carbocycles. The van der Waals surface area contributed by atoms with E-state index in [1.54, 1.807) is 0 Å². The highest BCUT2D eigenvalue weighted by Crippen LogP contribution is 2.24. The largest absolute Gasteiger partial charge is 0.494 e. The first kappa shape index (κ1) is 24.4. The van der Waals surface area contributed by atoms with Crippen LogP contribution in [0.3, 0.4) is 0 Å². The summed E-state index contributed by atoms with van der Waals surface area (Å²) in [6, 6.07) is 40.6. The molecule has 0 N–H and O–H groups in total. The van der Waals surface area contributed by atoms with Crippen LogP contribution in [0.25, 0.3) is 0 Å². The quantitative estimate of drug-likeness (QED) is 0.192. The standard InChI is InChI=1S/C33H34BO/c1-33(2,3)28-22-24-32(25-23-28)35-27-15-7-14-26-34(29-16-8-4-9-17-29,30-18-10-5-11-19-30)31-20-12-6-13-21-31/h4-6,8-13,16-25H,7,15,27H2,1-3H3/q-1. The maximum Gasteiger partial charge on any atom is 0.149 e. The van der Waals surface area contributed by atoms with Gasteiger partial charge in [-0.25, -0.2) is 0 Å². The number of ether oxygens (including phenoxy) is 1. The monoisotopic (exact) mass is 457 g/mol. The van der Waals surface area contributed by atoms with Gasteiger partial charge in [0.25, 0.3) is 0 Å². The molecule has 176 valence electrons. The Bertz CT molecular complexity index is 1150. The zero-order valence-corrected chi connectivity index (χ0v) is 21.1. The summed E-state index contributed by atoms with van der Waals surface area (Å²) < 4.78 is 6.00. The Balaban J connectivity index is 1.54. The summed E-state index contributed by atoms with van der Waals surface area (Å²) in [5.74, 6) is 8.22. The maximum absolute atomic E-state index is 6.00. The minimum atomic E-state index is -1.40. The lowest BCUT2D eigenvalue weighted by molar-refractivity contribution is 0.312. The molecule has 0 aliphatic rings. The van der Waals surface area contributed by atoms with Gasteiger partial charge in [-0.15, -0.1) is 5.92 Å². The Morgan fingerprint density at radius 3 is 1.51 bits per heavy atom. The second-order valence-electron chi connectivity index (χ2n) is 10.1. The zero-order valence-electron chi connectivity index (χ0n) is 21.1. The summed E-state index contributed by atoms with van der Waals surface area (Å²) in [7, 11) is 0. The number of hydrogen-bond acceptors (Lipinski definition) is 1. The second kappa shape index (κ2) is 11.2. The fourth-order valence-corrected chi connectivity index (χ4v) is 4.68. The predicted octanol–water partition coefficient (Wildman–Crippen LogP) is 5.86. The van der Waals surface area contributed by atoms with E-state index in [1.807, 2.05) is 0 Å². The van der Waals surface area contributed by atoms with Crippen LogP contribution in [0.5, 0.6) is 5.75 Å². The second-order valence-corrected chi connectivity index (χ2v) is 10.1. The highest BCUT2D eigenvalue weighted by molar-refractivity contribution is 7.16. The average Bonchev–Trinajstić information content (AvgIpc) is 2.90. The molecule has 0 unspecified atom stereocenters. The molecule has 0 radical (unpaired) electrons. The summed E-state index contributed by atoms with van der Waals surface area (Å²) in [6.07, 6.45) is 0.276. The van der Waals surface area contributed by atoms with Crippen LogP contribution in [0.4, 0.5) is 0 Å². The van der Waals surface area contributed by atoms with Gasteiger partial charge in [0.1, 0.15) is 11.9 Å². The van der Waals surface area contributed by atoms with E-state index in [2.05, 4.69) is 148 Å². The molecule has 4 rings (SSSR count). The van der Waals surface area contributed by atoms with Crippen LogP contribution in [-0.4, -0.2) is 12.8 Å². The first-order valence-electron chi connectivity index (χ1n) is 12.6. The van der Waals surface area contributed by atoms with Crippen molar-refractivity contribution in [2.24, 2.45) is 0 Å². The van der Waals surface area contributed by atoms with Crippen LogP contribution in [-0.2, 0) is 5.41 Å². The van der Waals surface area contributed by atoms with Crippen molar-refractivity contribution >= 4 is 22.5 Å². The van der Waals surface area contributed by atoms with Gasteiger partial charge in [0.2, 0.25) is 0 Å². The van der Waals surface area contributed by atoms with Gasteiger partial charge in [0.15, 0.2) is 0 Å². The van der Waals surface area contributed by atoms with Gasteiger partial charge in [-0.3, -0.25) is 5.82 Å². The number of benzene rings is 4. The molecule has 0 aliphatic heterocycles. The summed E-state index contributed by atoms with van der Waals surface area (Å²) in [4.78, 5) is 0. The lowest BCUT2D eigenvalue weighted by Gasteiger charge is -2.38. The van der Waals surface area contributed by atoms with Gasteiger partial charge in [0, 0.05) is 6.42 Å². The van der Waals surface area contributed by atoms with Gasteiger partial charge < -0.3 is 4.74 Å². The fourth-order valence-electron chi connectivity index (χ4n) is 4.68. The van der Waals surface area contributed by atoms with Crippen LogP contribution in [0.2, 0.25) is 0 Å². The van der Waals surface area contributed by atoms with Gasteiger partial charge in [-0.2, -0.15) is 16.4 Å². The summed E-state index contributed by atoms with van der Waals surface area (Å²) in [5, 5.41) is 0. The van der Waals surface area contributed by atoms with E-state index < -0.39 is 6.15 Å². The smallest absolute Gasteiger partial charge is 0.149 e. The molecule has 0 aliphatic carbocycles. The molecular weight excluding hydrogens is 423 g/mol. The zero-order chi connectivity index (χ0) is 24.6. The molecule has 0 atom stereocenters. The topological polar surface area (TPSA) is 9.23 Å². The van der Waals surface area contributed by atoms with Crippen molar-refractivity contribution < 1.29 is 4.74 Å². The fraction of sp³-hybridized carbons (Fsp3) is 0.212. The Morgan fingerprint density at radius 1 is 0.629 bits per heavy atom. The minimum absolute atomic E-state index is 0.151. The maximum atomic E-state index is 6.00.